The Labute approximate surface area is 113 Å². The van der Waals surface area contributed by atoms with Crippen molar-refractivity contribution in [3.05, 3.63) is 29.8 Å². The number of ether oxygens (including phenoxy) is 1. The molecule has 0 heterocycles. The van der Waals surface area contributed by atoms with Gasteiger partial charge in [-0.15, -0.1) is 0 Å². The van der Waals surface area contributed by atoms with Gasteiger partial charge in [-0.2, -0.15) is 0 Å². The van der Waals surface area contributed by atoms with Crippen molar-refractivity contribution in [3.8, 4) is 5.75 Å². The summed E-state index contributed by atoms with van der Waals surface area (Å²) in [6, 6.07) is 6.71. The molecule has 104 valence electrons. The van der Waals surface area contributed by atoms with Gasteiger partial charge in [-0.05, 0) is 25.5 Å². The van der Waals surface area contributed by atoms with Crippen LogP contribution in [0.1, 0.15) is 37.0 Å². The number of para-hydroxylation sites is 1. The molecule has 5 nitrogen and oxygen atoms in total. The van der Waals surface area contributed by atoms with Crippen molar-refractivity contribution in [2.45, 2.75) is 32.7 Å². The van der Waals surface area contributed by atoms with Gasteiger partial charge in [-0.25, -0.2) is 0 Å². The number of nitrogens with one attached hydrogen (secondary N) is 1. The van der Waals surface area contributed by atoms with Crippen LogP contribution in [0, 0.1) is 0 Å². The number of hydrogen-bond donors (Lipinski definition) is 2. The molecule has 1 aromatic carbocycles. The van der Waals surface area contributed by atoms with Crippen LogP contribution in [0.15, 0.2) is 24.3 Å². The van der Waals surface area contributed by atoms with Gasteiger partial charge in [0.1, 0.15) is 5.75 Å². The number of nitrogens with two attached hydrogens (primary N) is 1. The summed E-state index contributed by atoms with van der Waals surface area (Å²) in [6.45, 7) is 3.87. The highest BCUT2D eigenvalue weighted by Crippen LogP contribution is 2.16. The van der Waals surface area contributed by atoms with Crippen molar-refractivity contribution in [2.75, 3.05) is 6.61 Å². The summed E-state index contributed by atoms with van der Waals surface area (Å²) in [7, 11) is 0. The summed E-state index contributed by atoms with van der Waals surface area (Å²) in [5.41, 5.74) is 5.50. The van der Waals surface area contributed by atoms with Crippen LogP contribution in [0.4, 0.5) is 0 Å². The molecule has 0 aliphatic rings. The van der Waals surface area contributed by atoms with Crippen LogP contribution >= 0.6 is 0 Å². The molecule has 2 amide bonds. The molecule has 19 heavy (non-hydrogen) atoms. The lowest BCUT2D eigenvalue weighted by Gasteiger charge is -2.14. The average molecular weight is 264 g/mol. The van der Waals surface area contributed by atoms with Crippen LogP contribution in [0.2, 0.25) is 0 Å². The van der Waals surface area contributed by atoms with E-state index in [1.165, 1.54) is 0 Å². The molecule has 1 atom stereocenters. The topological polar surface area (TPSA) is 81.4 Å². The third-order valence-electron chi connectivity index (χ3n) is 2.64. The van der Waals surface area contributed by atoms with Crippen LogP contribution in [-0.4, -0.2) is 24.5 Å². The van der Waals surface area contributed by atoms with E-state index in [1.54, 1.807) is 24.3 Å². The number of benzene rings is 1. The molecular weight excluding hydrogens is 244 g/mol. The van der Waals surface area contributed by atoms with Gasteiger partial charge in [0.25, 0.3) is 11.8 Å². The third kappa shape index (κ3) is 4.99. The first kappa shape index (κ1) is 15.0. The Hall–Kier alpha value is -2.04. The zero-order valence-electron chi connectivity index (χ0n) is 11.3. The summed E-state index contributed by atoms with van der Waals surface area (Å²) in [6.07, 6.45) is 1.93. The summed E-state index contributed by atoms with van der Waals surface area (Å²) < 4.78 is 5.33. The molecular formula is C14H20N2O3. The summed E-state index contributed by atoms with van der Waals surface area (Å²) in [4.78, 5) is 22.8. The Morgan fingerprint density at radius 2 is 2.05 bits per heavy atom. The average Bonchev–Trinajstić information content (AvgIpc) is 2.36. The molecule has 3 N–H and O–H groups in total. The van der Waals surface area contributed by atoms with E-state index in [-0.39, 0.29) is 24.1 Å². The summed E-state index contributed by atoms with van der Waals surface area (Å²) in [5.74, 6) is -0.455. The quantitative estimate of drug-likeness (QED) is 0.782. The molecule has 0 bridgehead atoms. The molecule has 0 fully saturated rings. The van der Waals surface area contributed by atoms with Crippen molar-refractivity contribution in [1.29, 1.82) is 0 Å². The molecule has 0 saturated heterocycles. The first-order valence-corrected chi connectivity index (χ1v) is 6.35. The lowest BCUT2D eigenvalue weighted by molar-refractivity contribution is -0.123. The Morgan fingerprint density at radius 1 is 1.37 bits per heavy atom. The highest BCUT2D eigenvalue weighted by atomic mass is 16.5. The first-order valence-electron chi connectivity index (χ1n) is 6.35. The summed E-state index contributed by atoms with van der Waals surface area (Å²) in [5, 5.41) is 2.82. The van der Waals surface area contributed by atoms with Crippen LogP contribution in [0.25, 0.3) is 0 Å². The third-order valence-corrected chi connectivity index (χ3v) is 2.64. The Bertz CT molecular complexity index is 446. The maximum atomic E-state index is 11.6. The van der Waals surface area contributed by atoms with Crippen molar-refractivity contribution < 1.29 is 14.3 Å². The minimum Gasteiger partial charge on any atom is -0.483 e. The van der Waals surface area contributed by atoms with Gasteiger partial charge >= 0.3 is 0 Å². The molecule has 0 aromatic heterocycles. The lowest BCUT2D eigenvalue weighted by Crippen LogP contribution is -2.36. The largest absolute Gasteiger partial charge is 0.483 e. The molecule has 0 aliphatic carbocycles. The minimum atomic E-state index is -0.574. The molecule has 1 rings (SSSR count). The molecule has 1 unspecified atom stereocenters. The van der Waals surface area contributed by atoms with Gasteiger partial charge in [0.05, 0.1) is 5.56 Å². The normalized spacial score (nSPS) is 11.7. The zero-order valence-corrected chi connectivity index (χ0v) is 11.3. The Balaban J connectivity index is 2.53. The Morgan fingerprint density at radius 3 is 2.68 bits per heavy atom. The van der Waals surface area contributed by atoms with Crippen LogP contribution < -0.4 is 15.8 Å². The van der Waals surface area contributed by atoms with E-state index in [1.807, 2.05) is 6.92 Å². The summed E-state index contributed by atoms with van der Waals surface area (Å²) >= 11 is 0. The lowest BCUT2D eigenvalue weighted by atomic mass is 10.2. The van der Waals surface area contributed by atoms with E-state index in [9.17, 15) is 9.59 Å². The van der Waals surface area contributed by atoms with Crippen LogP contribution in [0.5, 0.6) is 5.75 Å². The number of carbonyl (C=O) groups is 2. The fraction of sp³-hybridized carbons (Fsp3) is 0.429. The second kappa shape index (κ2) is 7.41. The number of primary amides is 1. The van der Waals surface area contributed by atoms with E-state index >= 15 is 0 Å². The van der Waals surface area contributed by atoms with Gasteiger partial charge in [-0.1, -0.05) is 25.5 Å². The van der Waals surface area contributed by atoms with Crippen molar-refractivity contribution in [2.24, 2.45) is 5.73 Å². The van der Waals surface area contributed by atoms with Crippen LogP contribution in [-0.2, 0) is 4.79 Å². The highest BCUT2D eigenvalue weighted by molar-refractivity contribution is 5.95. The van der Waals surface area contributed by atoms with Crippen molar-refractivity contribution in [3.63, 3.8) is 0 Å². The van der Waals surface area contributed by atoms with E-state index in [0.29, 0.717) is 5.75 Å². The Kier molecular flexibility index (Phi) is 5.85. The number of rotatable bonds is 7. The van der Waals surface area contributed by atoms with Crippen molar-refractivity contribution >= 4 is 11.8 Å². The smallest absolute Gasteiger partial charge is 0.258 e. The SMILES string of the molecule is CCCC(C)NC(=O)COc1ccccc1C(N)=O. The van der Waals surface area contributed by atoms with Crippen LogP contribution in [0.3, 0.4) is 0 Å². The fourth-order valence-electron chi connectivity index (χ4n) is 1.76. The number of carbonyl (C=O) groups excluding carboxylic acids is 2. The van der Waals surface area contributed by atoms with E-state index in [0.717, 1.165) is 12.8 Å². The molecule has 0 radical (unpaired) electrons. The standard InChI is InChI=1S/C14H20N2O3/c1-3-6-10(2)16-13(17)9-19-12-8-5-4-7-11(12)14(15)18/h4-5,7-8,10H,3,6,9H2,1-2H3,(H2,15,18)(H,16,17). The molecule has 0 saturated carbocycles. The second-order valence-electron chi connectivity index (χ2n) is 4.41. The zero-order chi connectivity index (χ0) is 14.3. The maximum Gasteiger partial charge on any atom is 0.258 e. The molecule has 0 aliphatic heterocycles. The maximum absolute atomic E-state index is 11.6. The number of amides is 2. The highest BCUT2D eigenvalue weighted by Gasteiger charge is 2.11. The van der Waals surface area contributed by atoms with E-state index in [2.05, 4.69) is 12.2 Å². The molecule has 5 heteroatoms. The van der Waals surface area contributed by atoms with Gasteiger partial charge in [-0.3, -0.25) is 9.59 Å². The molecule has 1 aromatic rings. The fourth-order valence-corrected chi connectivity index (χ4v) is 1.76. The van der Waals surface area contributed by atoms with E-state index < -0.39 is 5.91 Å². The predicted octanol–water partition coefficient (Wildman–Crippen LogP) is 1.47. The minimum absolute atomic E-state index is 0.118. The number of hydrogen-bond acceptors (Lipinski definition) is 3. The second-order valence-corrected chi connectivity index (χ2v) is 4.41. The van der Waals surface area contributed by atoms with Gasteiger partial charge < -0.3 is 15.8 Å². The van der Waals surface area contributed by atoms with Gasteiger partial charge in [0, 0.05) is 6.04 Å². The predicted molar refractivity (Wildman–Crippen MR) is 73.0 cm³/mol. The van der Waals surface area contributed by atoms with Crippen molar-refractivity contribution in [1.82, 2.24) is 5.32 Å². The molecule has 0 spiro atoms. The van der Waals surface area contributed by atoms with Gasteiger partial charge in [0.15, 0.2) is 6.61 Å². The van der Waals surface area contributed by atoms with Gasteiger partial charge in [0.2, 0.25) is 0 Å². The monoisotopic (exact) mass is 264 g/mol. The van der Waals surface area contributed by atoms with E-state index in [4.69, 9.17) is 10.5 Å². The first-order chi connectivity index (χ1) is 9.04.